The van der Waals surface area contributed by atoms with Crippen LogP contribution in [-0.2, 0) is 14.3 Å². The van der Waals surface area contributed by atoms with E-state index in [-0.39, 0.29) is 17.4 Å². The number of nitrogens with one attached hydrogen (secondary N) is 1. The number of hydrogen-bond acceptors (Lipinski definition) is 5. The molecule has 2 rings (SSSR count). The van der Waals surface area contributed by atoms with Crippen molar-refractivity contribution in [2.45, 2.75) is 18.9 Å². The highest BCUT2D eigenvalue weighted by atomic mass is 35.5. The van der Waals surface area contributed by atoms with Crippen molar-refractivity contribution in [2.75, 3.05) is 19.8 Å². The van der Waals surface area contributed by atoms with Gasteiger partial charge in [0.15, 0.2) is 6.61 Å². The van der Waals surface area contributed by atoms with Gasteiger partial charge in [-0.2, -0.15) is 0 Å². The highest BCUT2D eigenvalue weighted by Gasteiger charge is 2.18. The monoisotopic (exact) mass is 313 g/mol. The zero-order valence-corrected chi connectivity index (χ0v) is 12.1. The molecule has 0 radical (unpaired) electrons. The van der Waals surface area contributed by atoms with Crippen LogP contribution in [0.2, 0.25) is 5.02 Å². The number of carbonyl (C=O) groups excluding carboxylic acids is 2. The number of phenols is 1. The van der Waals surface area contributed by atoms with Gasteiger partial charge in [0.25, 0.3) is 5.91 Å². The number of benzene rings is 1. The molecule has 0 aromatic heterocycles. The van der Waals surface area contributed by atoms with Gasteiger partial charge in [-0.05, 0) is 31.0 Å². The van der Waals surface area contributed by atoms with E-state index in [1.165, 1.54) is 18.2 Å². The van der Waals surface area contributed by atoms with Crippen molar-refractivity contribution in [3.8, 4) is 5.75 Å². The maximum Gasteiger partial charge on any atom is 0.342 e. The van der Waals surface area contributed by atoms with E-state index in [0.717, 1.165) is 12.8 Å². The molecule has 0 saturated carbocycles. The molecule has 1 aromatic rings. The van der Waals surface area contributed by atoms with Crippen LogP contribution in [0.15, 0.2) is 18.2 Å². The van der Waals surface area contributed by atoms with Gasteiger partial charge in [0, 0.05) is 18.2 Å². The van der Waals surface area contributed by atoms with Gasteiger partial charge in [-0.25, -0.2) is 4.79 Å². The van der Waals surface area contributed by atoms with Gasteiger partial charge in [-0.1, -0.05) is 11.6 Å². The number of hydrogen-bond donors (Lipinski definition) is 2. The summed E-state index contributed by atoms with van der Waals surface area (Å²) < 4.78 is 10.2. The van der Waals surface area contributed by atoms with Gasteiger partial charge in [-0.3, -0.25) is 4.79 Å². The van der Waals surface area contributed by atoms with E-state index in [4.69, 9.17) is 21.1 Å². The quantitative estimate of drug-likeness (QED) is 0.805. The molecule has 6 nitrogen and oxygen atoms in total. The van der Waals surface area contributed by atoms with Crippen molar-refractivity contribution < 1.29 is 24.2 Å². The molecule has 1 amide bonds. The third kappa shape index (κ3) is 4.61. The molecule has 0 unspecified atom stereocenters. The van der Waals surface area contributed by atoms with E-state index >= 15 is 0 Å². The molecular weight excluding hydrogens is 298 g/mol. The summed E-state index contributed by atoms with van der Waals surface area (Å²) in [4.78, 5) is 23.3. The molecule has 1 heterocycles. The number of rotatable bonds is 5. The number of halogens is 1. The van der Waals surface area contributed by atoms with Gasteiger partial charge in [-0.15, -0.1) is 0 Å². The first-order valence-corrected chi connectivity index (χ1v) is 6.98. The third-order valence-electron chi connectivity index (χ3n) is 3.06. The summed E-state index contributed by atoms with van der Waals surface area (Å²) in [5.41, 5.74) is -0.0746. The maximum atomic E-state index is 11.7. The molecule has 2 N–H and O–H groups in total. The van der Waals surface area contributed by atoms with Crippen LogP contribution in [0, 0.1) is 0 Å². The lowest BCUT2D eigenvalue weighted by Gasteiger charge is -2.11. The molecule has 0 bridgehead atoms. The van der Waals surface area contributed by atoms with E-state index in [9.17, 15) is 14.7 Å². The fourth-order valence-electron chi connectivity index (χ4n) is 1.96. The molecule has 1 saturated heterocycles. The predicted octanol–water partition coefficient (Wildman–Crippen LogP) is 1.50. The fraction of sp³-hybridized carbons (Fsp3) is 0.429. The zero-order chi connectivity index (χ0) is 15.2. The van der Waals surface area contributed by atoms with Crippen LogP contribution in [0.25, 0.3) is 0 Å². The Morgan fingerprint density at radius 1 is 1.48 bits per heavy atom. The Morgan fingerprint density at radius 3 is 3.00 bits per heavy atom. The standard InChI is InChI=1S/C14H16ClNO5/c15-9-3-4-12(17)11(6-9)14(19)21-8-13(18)16-7-10-2-1-5-20-10/h3-4,6,10,17H,1-2,5,7-8H2,(H,16,18)/t10-/m1/s1. The van der Waals surface area contributed by atoms with Crippen molar-refractivity contribution in [3.05, 3.63) is 28.8 Å². The highest BCUT2D eigenvalue weighted by Crippen LogP contribution is 2.22. The average Bonchev–Trinajstić information content (AvgIpc) is 2.98. The lowest BCUT2D eigenvalue weighted by Crippen LogP contribution is -2.34. The molecule has 7 heteroatoms. The predicted molar refractivity (Wildman–Crippen MR) is 75.4 cm³/mol. The Kier molecular flexibility index (Phi) is 5.41. The Hall–Kier alpha value is -1.79. The molecule has 1 aliphatic rings. The molecular formula is C14H16ClNO5. The van der Waals surface area contributed by atoms with E-state index in [1.807, 2.05) is 0 Å². The summed E-state index contributed by atoms with van der Waals surface area (Å²) in [5, 5.41) is 12.5. The van der Waals surface area contributed by atoms with Crippen LogP contribution >= 0.6 is 11.6 Å². The van der Waals surface area contributed by atoms with Crippen LogP contribution < -0.4 is 5.32 Å². The number of phenolic OH excluding ortho intramolecular Hbond substituents is 1. The van der Waals surface area contributed by atoms with Gasteiger partial charge < -0.3 is 19.9 Å². The Labute approximate surface area is 127 Å². The van der Waals surface area contributed by atoms with Crippen LogP contribution in [0.1, 0.15) is 23.2 Å². The Bertz CT molecular complexity index is 528. The zero-order valence-electron chi connectivity index (χ0n) is 11.3. The van der Waals surface area contributed by atoms with Crippen molar-refractivity contribution in [2.24, 2.45) is 0 Å². The number of esters is 1. The summed E-state index contributed by atoms with van der Waals surface area (Å²) in [6, 6.07) is 4.02. The van der Waals surface area contributed by atoms with E-state index in [2.05, 4.69) is 5.32 Å². The van der Waals surface area contributed by atoms with Gasteiger partial charge in [0.2, 0.25) is 0 Å². The van der Waals surface area contributed by atoms with Gasteiger partial charge >= 0.3 is 5.97 Å². The van der Waals surface area contributed by atoms with Crippen LogP contribution in [0.3, 0.4) is 0 Å². The molecule has 1 atom stereocenters. The normalized spacial score (nSPS) is 17.5. The number of ether oxygens (including phenoxy) is 2. The first-order chi connectivity index (χ1) is 10.1. The molecule has 1 aromatic carbocycles. The Balaban J connectivity index is 1.77. The second-order valence-electron chi connectivity index (χ2n) is 4.68. The molecule has 0 spiro atoms. The molecule has 21 heavy (non-hydrogen) atoms. The van der Waals surface area contributed by atoms with Gasteiger partial charge in [0.05, 0.1) is 6.10 Å². The topological polar surface area (TPSA) is 84.9 Å². The lowest BCUT2D eigenvalue weighted by atomic mass is 10.2. The molecule has 114 valence electrons. The van der Waals surface area contributed by atoms with E-state index in [1.54, 1.807) is 0 Å². The Morgan fingerprint density at radius 2 is 2.29 bits per heavy atom. The van der Waals surface area contributed by atoms with Crippen LogP contribution in [-0.4, -0.2) is 42.8 Å². The number of amides is 1. The lowest BCUT2D eigenvalue weighted by molar-refractivity contribution is -0.124. The minimum atomic E-state index is -0.803. The summed E-state index contributed by atoms with van der Waals surface area (Å²) in [6.07, 6.45) is 1.93. The van der Waals surface area contributed by atoms with Crippen molar-refractivity contribution in [3.63, 3.8) is 0 Å². The molecule has 1 aliphatic heterocycles. The number of aromatic hydroxyl groups is 1. The minimum absolute atomic E-state index is 0.0293. The summed E-state index contributed by atoms with van der Waals surface area (Å²) >= 11 is 5.73. The van der Waals surface area contributed by atoms with Crippen molar-refractivity contribution in [1.82, 2.24) is 5.32 Å². The van der Waals surface area contributed by atoms with E-state index < -0.39 is 18.5 Å². The number of carbonyl (C=O) groups is 2. The van der Waals surface area contributed by atoms with Crippen LogP contribution in [0.5, 0.6) is 5.75 Å². The van der Waals surface area contributed by atoms with Crippen LogP contribution in [0.4, 0.5) is 0 Å². The largest absolute Gasteiger partial charge is 0.507 e. The average molecular weight is 314 g/mol. The minimum Gasteiger partial charge on any atom is -0.507 e. The SMILES string of the molecule is O=C(COC(=O)c1cc(Cl)ccc1O)NC[C@H]1CCCO1. The smallest absolute Gasteiger partial charge is 0.342 e. The van der Waals surface area contributed by atoms with Crippen molar-refractivity contribution in [1.29, 1.82) is 0 Å². The highest BCUT2D eigenvalue weighted by molar-refractivity contribution is 6.31. The summed E-state index contributed by atoms with van der Waals surface area (Å²) in [5.74, 6) is -1.47. The third-order valence-corrected chi connectivity index (χ3v) is 3.30. The fourth-order valence-corrected chi connectivity index (χ4v) is 2.14. The summed E-state index contributed by atoms with van der Waals surface area (Å²) in [7, 11) is 0. The van der Waals surface area contributed by atoms with E-state index in [0.29, 0.717) is 18.2 Å². The first kappa shape index (κ1) is 15.6. The second kappa shape index (κ2) is 7.28. The molecule has 1 fully saturated rings. The summed E-state index contributed by atoms with van der Waals surface area (Å²) in [6.45, 7) is 0.694. The first-order valence-electron chi connectivity index (χ1n) is 6.60. The molecule has 0 aliphatic carbocycles. The second-order valence-corrected chi connectivity index (χ2v) is 5.11. The maximum absolute atomic E-state index is 11.7. The van der Waals surface area contributed by atoms with Crippen molar-refractivity contribution >= 4 is 23.5 Å². The van der Waals surface area contributed by atoms with Gasteiger partial charge in [0.1, 0.15) is 11.3 Å².